The first-order valence-corrected chi connectivity index (χ1v) is 9.71. The predicted octanol–water partition coefficient (Wildman–Crippen LogP) is 3.81. The molecule has 0 aliphatic heterocycles. The number of hydrogen-bond acceptors (Lipinski definition) is 4. The fourth-order valence-electron chi connectivity index (χ4n) is 2.72. The number of carbonyl (C=O) groups is 1. The molecule has 0 radical (unpaired) electrons. The molecule has 0 fully saturated rings. The van der Waals surface area contributed by atoms with Crippen molar-refractivity contribution in [3.05, 3.63) is 74.1 Å². The van der Waals surface area contributed by atoms with Gasteiger partial charge >= 0.3 is 0 Å². The van der Waals surface area contributed by atoms with E-state index in [0.717, 1.165) is 19.4 Å². The molecule has 144 valence electrons. The zero-order valence-electron chi connectivity index (χ0n) is 15.3. The molecule has 6 nitrogen and oxygen atoms in total. The lowest BCUT2D eigenvalue weighted by molar-refractivity contribution is -0.117. The number of aromatic nitrogens is 3. The second kappa shape index (κ2) is 8.59. The van der Waals surface area contributed by atoms with Gasteiger partial charge in [-0.2, -0.15) is 5.10 Å². The van der Waals surface area contributed by atoms with E-state index in [1.807, 2.05) is 38.1 Å². The highest BCUT2D eigenvalue weighted by molar-refractivity contribution is 14.1. The fraction of sp³-hybridized carbons (Fsp3) is 0.200. The summed E-state index contributed by atoms with van der Waals surface area (Å²) in [5.41, 5.74) is 1.94. The Morgan fingerprint density at radius 1 is 1.25 bits per heavy atom. The van der Waals surface area contributed by atoms with Gasteiger partial charge < -0.3 is 5.32 Å². The van der Waals surface area contributed by atoms with Gasteiger partial charge in [-0.3, -0.25) is 9.59 Å². The Hall–Kier alpha value is -2.62. The highest BCUT2D eigenvalue weighted by Gasteiger charge is 2.16. The molecular weight excluding hydrogens is 474 g/mol. The molecule has 2 heterocycles. The molecule has 8 heteroatoms. The van der Waals surface area contributed by atoms with E-state index in [-0.39, 0.29) is 18.3 Å². The van der Waals surface area contributed by atoms with Crippen LogP contribution in [0.4, 0.5) is 10.2 Å². The van der Waals surface area contributed by atoms with E-state index < -0.39 is 17.3 Å². The Morgan fingerprint density at radius 3 is 2.71 bits per heavy atom. The van der Waals surface area contributed by atoms with Gasteiger partial charge in [0.25, 0.3) is 5.56 Å². The lowest BCUT2D eigenvalue weighted by atomic mass is 9.98. The van der Waals surface area contributed by atoms with Crippen LogP contribution in [0.2, 0.25) is 0 Å². The molecule has 1 N–H and O–H groups in total. The molecule has 0 spiro atoms. The number of amides is 1. The number of nitrogens with one attached hydrogen (secondary N) is 1. The van der Waals surface area contributed by atoms with Crippen LogP contribution in [0.15, 0.2) is 53.5 Å². The van der Waals surface area contributed by atoms with Gasteiger partial charge in [0.15, 0.2) is 11.6 Å². The molecule has 2 aromatic heterocycles. The Balaban J connectivity index is 1.92. The first-order chi connectivity index (χ1) is 13.3. The van der Waals surface area contributed by atoms with Gasteiger partial charge in [-0.05, 0) is 58.3 Å². The summed E-state index contributed by atoms with van der Waals surface area (Å²) in [7, 11) is 0. The Kier molecular flexibility index (Phi) is 6.18. The molecule has 0 aliphatic rings. The number of anilines is 1. The lowest BCUT2D eigenvalue weighted by Gasteiger charge is -2.15. The van der Waals surface area contributed by atoms with Crippen LogP contribution in [-0.2, 0) is 11.3 Å². The van der Waals surface area contributed by atoms with E-state index in [1.54, 1.807) is 0 Å². The third kappa shape index (κ3) is 4.61. The molecule has 3 rings (SSSR count). The van der Waals surface area contributed by atoms with Crippen molar-refractivity contribution < 1.29 is 9.18 Å². The minimum Gasteiger partial charge on any atom is -0.307 e. The number of hydrogen-bond donors (Lipinski definition) is 1. The van der Waals surface area contributed by atoms with Crippen LogP contribution in [0.1, 0.15) is 25.5 Å². The number of nitrogens with zero attached hydrogens (tertiary/aromatic N) is 3. The Labute approximate surface area is 175 Å². The van der Waals surface area contributed by atoms with E-state index in [0.29, 0.717) is 5.69 Å². The zero-order chi connectivity index (χ0) is 20.3. The van der Waals surface area contributed by atoms with Gasteiger partial charge in [0.2, 0.25) is 5.91 Å². The van der Waals surface area contributed by atoms with E-state index in [9.17, 15) is 14.0 Å². The van der Waals surface area contributed by atoms with Crippen molar-refractivity contribution in [2.45, 2.75) is 26.3 Å². The van der Waals surface area contributed by atoms with Gasteiger partial charge in [-0.25, -0.2) is 14.1 Å². The van der Waals surface area contributed by atoms with Gasteiger partial charge in [0.1, 0.15) is 6.54 Å². The average molecular weight is 492 g/mol. The van der Waals surface area contributed by atoms with Gasteiger partial charge in [-0.1, -0.05) is 26.0 Å². The Bertz CT molecular complexity index is 1080. The van der Waals surface area contributed by atoms with Crippen LogP contribution >= 0.6 is 22.6 Å². The summed E-state index contributed by atoms with van der Waals surface area (Å²) in [6, 6.07) is 11.9. The predicted molar refractivity (Wildman–Crippen MR) is 114 cm³/mol. The molecule has 28 heavy (non-hydrogen) atoms. The fourth-order valence-corrected chi connectivity index (χ4v) is 3.26. The first-order valence-electron chi connectivity index (χ1n) is 8.63. The van der Waals surface area contributed by atoms with Crippen LogP contribution in [0, 0.1) is 9.39 Å². The highest BCUT2D eigenvalue weighted by atomic mass is 127. The summed E-state index contributed by atoms with van der Waals surface area (Å²) < 4.78 is 15.8. The number of rotatable bonds is 5. The molecule has 1 aromatic carbocycles. The van der Waals surface area contributed by atoms with Crippen molar-refractivity contribution in [3.63, 3.8) is 0 Å². The molecule has 0 saturated carbocycles. The molecule has 3 aromatic rings. The number of pyridine rings is 1. The quantitative estimate of drug-likeness (QED) is 0.550. The zero-order valence-corrected chi connectivity index (χ0v) is 17.5. The Morgan fingerprint density at radius 2 is 2.04 bits per heavy atom. The summed E-state index contributed by atoms with van der Waals surface area (Å²) in [4.78, 5) is 28.6. The third-order valence-corrected chi connectivity index (χ3v) is 4.69. The molecule has 0 aliphatic carbocycles. The second-order valence-electron chi connectivity index (χ2n) is 6.49. The summed E-state index contributed by atoms with van der Waals surface area (Å²) in [6.45, 7) is 3.61. The number of benzene rings is 1. The highest BCUT2D eigenvalue weighted by Crippen LogP contribution is 2.27. The topological polar surface area (TPSA) is 76.9 Å². The minimum absolute atomic E-state index is 0.0380. The minimum atomic E-state index is -0.645. The monoisotopic (exact) mass is 492 g/mol. The van der Waals surface area contributed by atoms with E-state index in [1.165, 1.54) is 24.4 Å². The van der Waals surface area contributed by atoms with Crippen molar-refractivity contribution in [2.75, 3.05) is 5.32 Å². The SMILES string of the molecule is CC(C)c1nn(CC(=O)Nc2ncccc2F)c(=O)cc1-c1cccc(I)c1. The number of carbonyl (C=O) groups excluding carboxylic acids is 1. The molecule has 0 unspecified atom stereocenters. The number of halogens is 2. The molecule has 0 atom stereocenters. The van der Waals surface area contributed by atoms with Crippen molar-refractivity contribution in [1.82, 2.24) is 14.8 Å². The van der Waals surface area contributed by atoms with Crippen LogP contribution < -0.4 is 10.9 Å². The van der Waals surface area contributed by atoms with Crippen molar-refractivity contribution in [1.29, 1.82) is 0 Å². The lowest BCUT2D eigenvalue weighted by Crippen LogP contribution is -2.31. The van der Waals surface area contributed by atoms with Crippen LogP contribution in [0.3, 0.4) is 0 Å². The molecular formula is C20H18FIN4O2. The van der Waals surface area contributed by atoms with E-state index in [2.05, 4.69) is 38.0 Å². The second-order valence-corrected chi connectivity index (χ2v) is 7.73. The molecule has 1 amide bonds. The van der Waals surface area contributed by atoms with Crippen molar-refractivity contribution in [2.24, 2.45) is 0 Å². The smallest absolute Gasteiger partial charge is 0.267 e. The first kappa shape index (κ1) is 20.1. The summed E-state index contributed by atoms with van der Waals surface area (Å²) in [6.07, 6.45) is 1.37. The van der Waals surface area contributed by atoms with Crippen LogP contribution in [-0.4, -0.2) is 20.7 Å². The normalized spacial score (nSPS) is 10.9. The third-order valence-electron chi connectivity index (χ3n) is 4.02. The maximum absolute atomic E-state index is 13.6. The maximum atomic E-state index is 13.6. The van der Waals surface area contributed by atoms with E-state index in [4.69, 9.17) is 0 Å². The summed E-state index contributed by atoms with van der Waals surface area (Å²) in [5.74, 6) is -1.37. The average Bonchev–Trinajstić information content (AvgIpc) is 2.64. The van der Waals surface area contributed by atoms with Gasteiger partial charge in [0.05, 0.1) is 5.69 Å². The van der Waals surface area contributed by atoms with Crippen molar-refractivity contribution >= 4 is 34.3 Å². The standard InChI is InChI=1S/C20H18FIN4O2/c1-12(2)19-15(13-5-3-6-14(22)9-13)10-18(28)26(25-19)11-17(27)24-20-16(21)7-4-8-23-20/h3-10,12H,11H2,1-2H3,(H,23,24,27). The largest absolute Gasteiger partial charge is 0.307 e. The van der Waals surface area contributed by atoms with Crippen LogP contribution in [0.25, 0.3) is 11.1 Å². The van der Waals surface area contributed by atoms with Gasteiger partial charge in [-0.15, -0.1) is 0 Å². The molecule has 0 bridgehead atoms. The van der Waals surface area contributed by atoms with Crippen molar-refractivity contribution in [3.8, 4) is 11.1 Å². The van der Waals surface area contributed by atoms with Gasteiger partial charge in [0, 0.05) is 21.4 Å². The molecule has 0 saturated heterocycles. The van der Waals surface area contributed by atoms with E-state index >= 15 is 0 Å². The summed E-state index contributed by atoms with van der Waals surface area (Å²) in [5, 5.41) is 6.77. The van der Waals surface area contributed by atoms with Crippen LogP contribution in [0.5, 0.6) is 0 Å². The summed E-state index contributed by atoms with van der Waals surface area (Å²) >= 11 is 2.21. The maximum Gasteiger partial charge on any atom is 0.267 e.